The number of nitrogens with one attached hydrogen (secondary N) is 2. The molecule has 0 atom stereocenters. The Balaban J connectivity index is 2.12. The van der Waals surface area contributed by atoms with E-state index in [0.29, 0.717) is 22.9 Å². The van der Waals surface area contributed by atoms with Gasteiger partial charge >= 0.3 is 5.97 Å². The van der Waals surface area contributed by atoms with Crippen molar-refractivity contribution in [2.75, 3.05) is 38.5 Å². The lowest BCUT2D eigenvalue weighted by Crippen LogP contribution is -2.22. The van der Waals surface area contributed by atoms with Gasteiger partial charge in [0, 0.05) is 17.8 Å². The van der Waals surface area contributed by atoms with Crippen molar-refractivity contribution >= 4 is 23.3 Å². The normalized spacial score (nSPS) is 10.1. The largest absolute Gasteiger partial charge is 0.493 e. The Hall–Kier alpha value is -3.22. The van der Waals surface area contributed by atoms with Crippen LogP contribution in [0.3, 0.4) is 0 Å². The Morgan fingerprint density at radius 3 is 2.15 bits per heavy atom. The molecule has 2 aromatic rings. The molecule has 2 aromatic carbocycles. The minimum Gasteiger partial charge on any atom is -0.493 e. The number of carbonyl (C=O) groups is 2. The van der Waals surface area contributed by atoms with E-state index in [9.17, 15) is 9.59 Å². The zero-order valence-electron chi connectivity index (χ0n) is 15.9. The van der Waals surface area contributed by atoms with Crippen LogP contribution in [0, 0.1) is 0 Å². The lowest BCUT2D eigenvalue weighted by atomic mass is 10.1. The van der Waals surface area contributed by atoms with E-state index in [2.05, 4.69) is 17.6 Å². The third kappa shape index (κ3) is 5.13. The first-order valence-corrected chi connectivity index (χ1v) is 8.49. The quantitative estimate of drug-likeness (QED) is 0.693. The first kappa shape index (κ1) is 20.1. The number of carbonyl (C=O) groups excluding carboxylic acids is 2. The van der Waals surface area contributed by atoms with Gasteiger partial charge in [0.05, 0.1) is 39.1 Å². The molecule has 7 nitrogen and oxygen atoms in total. The minimum atomic E-state index is -0.547. The van der Waals surface area contributed by atoms with Crippen molar-refractivity contribution in [2.24, 2.45) is 0 Å². The van der Waals surface area contributed by atoms with Crippen LogP contribution in [-0.2, 0) is 16.0 Å². The van der Waals surface area contributed by atoms with Crippen LogP contribution in [-0.4, -0.2) is 39.8 Å². The highest BCUT2D eigenvalue weighted by molar-refractivity contribution is 5.99. The summed E-state index contributed by atoms with van der Waals surface area (Å²) in [5, 5.41) is 5.75. The zero-order chi connectivity index (χ0) is 19.8. The summed E-state index contributed by atoms with van der Waals surface area (Å²) < 4.78 is 15.3. The Bertz CT molecular complexity index is 803. The number of esters is 1. The van der Waals surface area contributed by atoms with Crippen LogP contribution >= 0.6 is 0 Å². The van der Waals surface area contributed by atoms with Gasteiger partial charge in [0.15, 0.2) is 11.5 Å². The minimum absolute atomic E-state index is 0.0327. The second-order valence-electron chi connectivity index (χ2n) is 5.70. The molecular formula is C20H24N2O5. The molecule has 0 aliphatic carbocycles. The standard InChI is InChI=1S/C20H24N2O5/c1-5-13-6-8-14(9-7-13)22-19(23)12-21-16-11-18(26-3)17(25-2)10-15(16)20(24)27-4/h6-11,21H,5,12H2,1-4H3,(H,22,23). The maximum Gasteiger partial charge on any atom is 0.340 e. The molecule has 0 heterocycles. The van der Waals surface area contributed by atoms with Gasteiger partial charge in [0.2, 0.25) is 5.91 Å². The summed E-state index contributed by atoms with van der Waals surface area (Å²) in [6.45, 7) is 2.04. The number of hydrogen-bond acceptors (Lipinski definition) is 6. The van der Waals surface area contributed by atoms with E-state index >= 15 is 0 Å². The molecule has 0 aliphatic heterocycles. The fourth-order valence-electron chi connectivity index (χ4n) is 2.51. The van der Waals surface area contributed by atoms with Gasteiger partial charge in [-0.15, -0.1) is 0 Å². The first-order chi connectivity index (χ1) is 13.0. The van der Waals surface area contributed by atoms with E-state index < -0.39 is 5.97 Å². The number of ether oxygens (including phenoxy) is 3. The molecule has 0 aliphatic rings. The predicted molar refractivity (Wildman–Crippen MR) is 104 cm³/mol. The first-order valence-electron chi connectivity index (χ1n) is 8.49. The number of hydrogen-bond donors (Lipinski definition) is 2. The van der Waals surface area contributed by atoms with Crippen LogP contribution in [0.1, 0.15) is 22.8 Å². The van der Waals surface area contributed by atoms with Crippen molar-refractivity contribution in [1.82, 2.24) is 0 Å². The SMILES string of the molecule is CCc1ccc(NC(=O)CNc2cc(OC)c(OC)cc2C(=O)OC)cc1. The molecular weight excluding hydrogens is 348 g/mol. The predicted octanol–water partition coefficient (Wildman–Crippen LogP) is 3.10. The van der Waals surface area contributed by atoms with Crippen LogP contribution in [0.25, 0.3) is 0 Å². The summed E-state index contributed by atoms with van der Waals surface area (Å²) in [6, 6.07) is 10.7. The van der Waals surface area contributed by atoms with Crippen molar-refractivity contribution in [3.63, 3.8) is 0 Å². The molecule has 1 amide bonds. The molecule has 0 unspecified atom stereocenters. The summed E-state index contributed by atoms with van der Waals surface area (Å²) in [7, 11) is 4.25. The third-order valence-corrected chi connectivity index (χ3v) is 4.01. The summed E-state index contributed by atoms with van der Waals surface area (Å²) in [5.74, 6) is 0.0333. The molecule has 0 saturated carbocycles. The number of rotatable bonds is 8. The molecule has 0 aromatic heterocycles. The second kappa shape index (κ2) is 9.47. The molecule has 2 N–H and O–H groups in total. The van der Waals surface area contributed by atoms with Crippen LogP contribution in [0.15, 0.2) is 36.4 Å². The van der Waals surface area contributed by atoms with E-state index in [1.807, 2.05) is 24.3 Å². The van der Waals surface area contributed by atoms with E-state index in [-0.39, 0.29) is 18.0 Å². The molecule has 0 fully saturated rings. The van der Waals surface area contributed by atoms with Gasteiger partial charge in [-0.2, -0.15) is 0 Å². The third-order valence-electron chi connectivity index (χ3n) is 4.01. The van der Waals surface area contributed by atoms with Gasteiger partial charge in [0.25, 0.3) is 0 Å². The van der Waals surface area contributed by atoms with E-state index in [4.69, 9.17) is 14.2 Å². The van der Waals surface area contributed by atoms with Crippen LogP contribution in [0.2, 0.25) is 0 Å². The van der Waals surface area contributed by atoms with Crippen molar-refractivity contribution in [3.8, 4) is 11.5 Å². The van der Waals surface area contributed by atoms with Gasteiger partial charge in [0.1, 0.15) is 0 Å². The van der Waals surface area contributed by atoms with E-state index in [1.165, 1.54) is 33.0 Å². The van der Waals surface area contributed by atoms with Crippen LogP contribution in [0.5, 0.6) is 11.5 Å². The summed E-state index contributed by atoms with van der Waals surface area (Å²) in [6.07, 6.45) is 0.936. The highest BCUT2D eigenvalue weighted by atomic mass is 16.5. The number of benzene rings is 2. The Morgan fingerprint density at radius 2 is 1.59 bits per heavy atom. The van der Waals surface area contributed by atoms with Crippen molar-refractivity contribution in [3.05, 3.63) is 47.5 Å². The van der Waals surface area contributed by atoms with Crippen molar-refractivity contribution in [2.45, 2.75) is 13.3 Å². The monoisotopic (exact) mass is 372 g/mol. The number of amides is 1. The molecule has 144 valence electrons. The molecule has 0 radical (unpaired) electrons. The fourth-order valence-corrected chi connectivity index (χ4v) is 2.51. The summed E-state index contributed by atoms with van der Waals surface area (Å²) in [4.78, 5) is 24.3. The van der Waals surface area contributed by atoms with Crippen LogP contribution < -0.4 is 20.1 Å². The molecule has 7 heteroatoms. The van der Waals surface area contributed by atoms with Crippen LogP contribution in [0.4, 0.5) is 11.4 Å². The lowest BCUT2D eigenvalue weighted by Gasteiger charge is -2.15. The molecule has 2 rings (SSSR count). The molecule has 27 heavy (non-hydrogen) atoms. The molecule has 0 saturated heterocycles. The van der Waals surface area contributed by atoms with Gasteiger partial charge in [-0.25, -0.2) is 4.79 Å². The highest BCUT2D eigenvalue weighted by Gasteiger charge is 2.18. The van der Waals surface area contributed by atoms with E-state index in [1.54, 1.807) is 6.07 Å². The van der Waals surface area contributed by atoms with Gasteiger partial charge < -0.3 is 24.8 Å². The smallest absolute Gasteiger partial charge is 0.340 e. The summed E-state index contributed by atoms with van der Waals surface area (Å²) in [5.41, 5.74) is 2.56. The highest BCUT2D eigenvalue weighted by Crippen LogP contribution is 2.33. The number of anilines is 2. The lowest BCUT2D eigenvalue weighted by molar-refractivity contribution is -0.114. The van der Waals surface area contributed by atoms with E-state index in [0.717, 1.165) is 6.42 Å². The Labute approximate surface area is 158 Å². The van der Waals surface area contributed by atoms with Gasteiger partial charge in [-0.1, -0.05) is 19.1 Å². The fraction of sp³-hybridized carbons (Fsp3) is 0.300. The maximum atomic E-state index is 12.2. The van der Waals surface area contributed by atoms with Gasteiger partial charge in [-0.05, 0) is 24.1 Å². The van der Waals surface area contributed by atoms with Crippen molar-refractivity contribution in [1.29, 1.82) is 0 Å². The summed E-state index contributed by atoms with van der Waals surface area (Å²) >= 11 is 0. The molecule has 0 bridgehead atoms. The van der Waals surface area contributed by atoms with Crippen molar-refractivity contribution < 1.29 is 23.8 Å². The average Bonchev–Trinajstić information content (AvgIpc) is 2.71. The zero-order valence-corrected chi connectivity index (χ0v) is 15.9. The average molecular weight is 372 g/mol. The topological polar surface area (TPSA) is 85.9 Å². The second-order valence-corrected chi connectivity index (χ2v) is 5.70. The van der Waals surface area contributed by atoms with Gasteiger partial charge in [-0.3, -0.25) is 4.79 Å². The maximum absolute atomic E-state index is 12.2. The number of aryl methyl sites for hydroxylation is 1. The Morgan fingerprint density at radius 1 is 0.963 bits per heavy atom. The number of methoxy groups -OCH3 is 3. The Kier molecular flexibility index (Phi) is 7.05. The molecule has 0 spiro atoms.